The zero-order chi connectivity index (χ0) is 11.7. The first kappa shape index (κ1) is 14.2. The molecule has 0 saturated carbocycles. The lowest BCUT2D eigenvalue weighted by molar-refractivity contribution is 0.339. The highest BCUT2D eigenvalue weighted by Gasteiger charge is 2.09. The normalized spacial score (nSPS) is 12.1. The van der Waals surface area contributed by atoms with Crippen LogP contribution in [0.25, 0.3) is 0 Å². The van der Waals surface area contributed by atoms with Gasteiger partial charge in [-0.25, -0.2) is 0 Å². The predicted octanol–water partition coefficient (Wildman–Crippen LogP) is 3.98. The van der Waals surface area contributed by atoms with Crippen molar-refractivity contribution in [3.63, 3.8) is 0 Å². The molecule has 0 amide bonds. The molecule has 88 valence electrons. The highest BCUT2D eigenvalue weighted by molar-refractivity contribution is 4.78. The minimum atomic E-state index is 0.778. The van der Waals surface area contributed by atoms with Gasteiger partial charge in [0, 0.05) is 18.9 Å². The largest absolute Gasteiger partial charge is 0.272 e. The third-order valence-electron chi connectivity index (χ3n) is 2.39. The first-order chi connectivity index (χ1) is 7.22. The molecule has 0 fully saturated rings. The SMILES string of the molecule is CC.CCC(CC(C)C)Cn1cccn1. The van der Waals surface area contributed by atoms with Crippen LogP contribution in [-0.4, -0.2) is 9.78 Å². The van der Waals surface area contributed by atoms with E-state index in [1.165, 1.54) is 12.8 Å². The Labute approximate surface area is 94.7 Å². The minimum Gasteiger partial charge on any atom is -0.272 e. The second kappa shape index (κ2) is 8.51. The summed E-state index contributed by atoms with van der Waals surface area (Å²) in [6.07, 6.45) is 6.44. The molecule has 1 atom stereocenters. The summed E-state index contributed by atoms with van der Waals surface area (Å²) in [5.41, 5.74) is 0. The molecule has 2 nitrogen and oxygen atoms in total. The summed E-state index contributed by atoms with van der Waals surface area (Å²) in [6.45, 7) is 11.9. The van der Waals surface area contributed by atoms with Crippen molar-refractivity contribution < 1.29 is 0 Å². The number of hydrogen-bond acceptors (Lipinski definition) is 1. The molecule has 0 aliphatic heterocycles. The van der Waals surface area contributed by atoms with Crippen LogP contribution in [0.1, 0.15) is 47.5 Å². The third-order valence-corrected chi connectivity index (χ3v) is 2.39. The Balaban J connectivity index is 0.000000921. The maximum Gasteiger partial charge on any atom is 0.0489 e. The Morgan fingerprint density at radius 1 is 1.27 bits per heavy atom. The van der Waals surface area contributed by atoms with Crippen LogP contribution in [0.15, 0.2) is 18.5 Å². The first-order valence-corrected chi connectivity index (χ1v) is 6.19. The molecular formula is C13H26N2. The van der Waals surface area contributed by atoms with Crippen LogP contribution in [-0.2, 0) is 6.54 Å². The second-order valence-corrected chi connectivity index (χ2v) is 4.13. The molecule has 1 heterocycles. The maximum absolute atomic E-state index is 4.23. The maximum atomic E-state index is 4.23. The Morgan fingerprint density at radius 2 is 1.93 bits per heavy atom. The highest BCUT2D eigenvalue weighted by atomic mass is 15.3. The quantitative estimate of drug-likeness (QED) is 0.718. The van der Waals surface area contributed by atoms with Gasteiger partial charge in [-0.3, -0.25) is 4.68 Å². The Hall–Kier alpha value is -0.790. The monoisotopic (exact) mass is 210 g/mol. The molecule has 1 aromatic heterocycles. The van der Waals surface area contributed by atoms with E-state index in [4.69, 9.17) is 0 Å². The average Bonchev–Trinajstić information content (AvgIpc) is 2.72. The zero-order valence-corrected chi connectivity index (χ0v) is 10.9. The number of aromatic nitrogens is 2. The summed E-state index contributed by atoms with van der Waals surface area (Å²) < 4.78 is 2.04. The Bertz CT molecular complexity index is 214. The molecule has 1 unspecified atom stereocenters. The molecule has 1 aromatic rings. The van der Waals surface area contributed by atoms with Crippen LogP contribution in [0.2, 0.25) is 0 Å². The van der Waals surface area contributed by atoms with Crippen LogP contribution in [0.3, 0.4) is 0 Å². The van der Waals surface area contributed by atoms with Crippen molar-refractivity contribution in [3.8, 4) is 0 Å². The molecule has 2 heteroatoms. The summed E-state index contributed by atoms with van der Waals surface area (Å²) in [5.74, 6) is 1.57. The fourth-order valence-corrected chi connectivity index (χ4v) is 1.71. The summed E-state index contributed by atoms with van der Waals surface area (Å²) in [6, 6.07) is 1.99. The topological polar surface area (TPSA) is 17.8 Å². The summed E-state index contributed by atoms with van der Waals surface area (Å²) in [4.78, 5) is 0. The standard InChI is InChI=1S/C11H20N2.C2H6/c1-4-11(8-10(2)3)9-13-7-5-6-12-13;1-2/h5-7,10-11H,4,8-9H2,1-3H3;1-2H3. The van der Waals surface area contributed by atoms with Gasteiger partial charge in [-0.05, 0) is 24.3 Å². The van der Waals surface area contributed by atoms with E-state index in [9.17, 15) is 0 Å². The molecule has 1 rings (SSSR count). The van der Waals surface area contributed by atoms with Crippen LogP contribution >= 0.6 is 0 Å². The van der Waals surface area contributed by atoms with Crippen LogP contribution in [0.4, 0.5) is 0 Å². The average molecular weight is 210 g/mol. The zero-order valence-electron chi connectivity index (χ0n) is 10.9. The highest BCUT2D eigenvalue weighted by Crippen LogP contribution is 2.16. The Kier molecular flexibility index (Phi) is 8.06. The van der Waals surface area contributed by atoms with Gasteiger partial charge in [0.05, 0.1) is 0 Å². The molecule has 0 N–H and O–H groups in total. The van der Waals surface area contributed by atoms with Crippen molar-refractivity contribution in [1.29, 1.82) is 0 Å². The van der Waals surface area contributed by atoms with Gasteiger partial charge in [-0.2, -0.15) is 5.10 Å². The minimum absolute atomic E-state index is 0.778. The predicted molar refractivity (Wildman–Crippen MR) is 66.8 cm³/mol. The number of hydrogen-bond donors (Lipinski definition) is 0. The van der Waals surface area contributed by atoms with Crippen molar-refractivity contribution >= 4 is 0 Å². The molecular weight excluding hydrogens is 184 g/mol. The van der Waals surface area contributed by atoms with Crippen molar-refractivity contribution in [2.75, 3.05) is 0 Å². The van der Waals surface area contributed by atoms with Gasteiger partial charge in [0.1, 0.15) is 0 Å². The molecule has 0 saturated heterocycles. The third kappa shape index (κ3) is 6.32. The Morgan fingerprint density at radius 3 is 2.33 bits per heavy atom. The molecule has 0 radical (unpaired) electrons. The van der Waals surface area contributed by atoms with E-state index in [0.29, 0.717) is 0 Å². The smallest absolute Gasteiger partial charge is 0.0489 e. The van der Waals surface area contributed by atoms with Crippen LogP contribution in [0.5, 0.6) is 0 Å². The van der Waals surface area contributed by atoms with Crippen LogP contribution in [0, 0.1) is 11.8 Å². The van der Waals surface area contributed by atoms with E-state index in [2.05, 4.69) is 25.9 Å². The van der Waals surface area contributed by atoms with Crippen molar-refractivity contribution in [2.45, 2.75) is 54.0 Å². The lowest BCUT2D eigenvalue weighted by Crippen LogP contribution is -2.12. The number of rotatable bonds is 5. The number of nitrogens with zero attached hydrogens (tertiary/aromatic N) is 2. The summed E-state index contributed by atoms with van der Waals surface area (Å²) in [7, 11) is 0. The van der Waals surface area contributed by atoms with E-state index in [1.54, 1.807) is 0 Å². The van der Waals surface area contributed by atoms with Crippen molar-refractivity contribution in [1.82, 2.24) is 9.78 Å². The van der Waals surface area contributed by atoms with E-state index < -0.39 is 0 Å². The fourth-order valence-electron chi connectivity index (χ4n) is 1.71. The van der Waals surface area contributed by atoms with Gasteiger partial charge in [0.15, 0.2) is 0 Å². The van der Waals surface area contributed by atoms with Gasteiger partial charge >= 0.3 is 0 Å². The molecule has 0 spiro atoms. The van der Waals surface area contributed by atoms with Gasteiger partial charge in [0.25, 0.3) is 0 Å². The van der Waals surface area contributed by atoms with Crippen LogP contribution < -0.4 is 0 Å². The second-order valence-electron chi connectivity index (χ2n) is 4.13. The van der Waals surface area contributed by atoms with E-state index in [0.717, 1.165) is 18.4 Å². The van der Waals surface area contributed by atoms with Gasteiger partial charge < -0.3 is 0 Å². The van der Waals surface area contributed by atoms with Crippen molar-refractivity contribution in [3.05, 3.63) is 18.5 Å². The van der Waals surface area contributed by atoms with Gasteiger partial charge in [0.2, 0.25) is 0 Å². The van der Waals surface area contributed by atoms with E-state index in [1.807, 2.05) is 37.0 Å². The summed E-state index contributed by atoms with van der Waals surface area (Å²) >= 11 is 0. The lowest BCUT2D eigenvalue weighted by Gasteiger charge is -2.16. The fraction of sp³-hybridized carbons (Fsp3) is 0.769. The molecule has 0 aliphatic rings. The van der Waals surface area contributed by atoms with Crippen molar-refractivity contribution in [2.24, 2.45) is 11.8 Å². The van der Waals surface area contributed by atoms with E-state index >= 15 is 0 Å². The molecule has 15 heavy (non-hydrogen) atoms. The first-order valence-electron chi connectivity index (χ1n) is 6.19. The van der Waals surface area contributed by atoms with E-state index in [-0.39, 0.29) is 0 Å². The van der Waals surface area contributed by atoms with Gasteiger partial charge in [-0.1, -0.05) is 41.0 Å². The molecule has 0 aliphatic carbocycles. The molecule has 0 bridgehead atoms. The molecule has 0 aromatic carbocycles. The summed E-state index contributed by atoms with van der Waals surface area (Å²) in [5, 5.41) is 4.23. The lowest BCUT2D eigenvalue weighted by atomic mass is 9.95. The van der Waals surface area contributed by atoms with Gasteiger partial charge in [-0.15, -0.1) is 0 Å².